The van der Waals surface area contributed by atoms with Crippen molar-refractivity contribution in [3.8, 4) is 0 Å². The van der Waals surface area contributed by atoms with E-state index in [-0.39, 0.29) is 11.3 Å². The molecule has 0 radical (unpaired) electrons. The van der Waals surface area contributed by atoms with Gasteiger partial charge in [-0.15, -0.1) is 0 Å². The standard InChI is InChI=1S/C17H16F3NOS/c1-11-3-8-14(9-15(11)17(18,19)20)21-16(22)13-6-4-12(5-7-13)10-23-2/h3-9H,10H2,1-2H3,(H,21,22). The molecule has 0 atom stereocenters. The van der Waals surface area contributed by atoms with Crippen LogP contribution in [0.5, 0.6) is 0 Å². The van der Waals surface area contributed by atoms with Crippen LogP contribution in [0.4, 0.5) is 18.9 Å². The number of halogens is 3. The maximum Gasteiger partial charge on any atom is 0.416 e. The van der Waals surface area contributed by atoms with Crippen molar-refractivity contribution in [2.24, 2.45) is 0 Å². The smallest absolute Gasteiger partial charge is 0.322 e. The summed E-state index contributed by atoms with van der Waals surface area (Å²) < 4.78 is 38.7. The Morgan fingerprint density at radius 3 is 2.35 bits per heavy atom. The number of carbonyl (C=O) groups is 1. The van der Waals surface area contributed by atoms with E-state index in [0.29, 0.717) is 5.56 Å². The van der Waals surface area contributed by atoms with Gasteiger partial charge in [-0.25, -0.2) is 0 Å². The van der Waals surface area contributed by atoms with Gasteiger partial charge in [0.25, 0.3) is 5.91 Å². The predicted molar refractivity (Wildman–Crippen MR) is 87.8 cm³/mol. The zero-order chi connectivity index (χ0) is 17.0. The Hall–Kier alpha value is -1.95. The second-order valence-electron chi connectivity index (χ2n) is 5.11. The van der Waals surface area contributed by atoms with E-state index in [4.69, 9.17) is 0 Å². The SMILES string of the molecule is CSCc1ccc(C(=O)Nc2ccc(C)c(C(F)(F)F)c2)cc1. The monoisotopic (exact) mass is 339 g/mol. The largest absolute Gasteiger partial charge is 0.416 e. The van der Waals surface area contributed by atoms with Crippen LogP contribution >= 0.6 is 11.8 Å². The van der Waals surface area contributed by atoms with E-state index in [9.17, 15) is 18.0 Å². The Labute approximate surface area is 137 Å². The van der Waals surface area contributed by atoms with Gasteiger partial charge in [-0.2, -0.15) is 24.9 Å². The third-order valence-electron chi connectivity index (χ3n) is 3.33. The molecule has 122 valence electrons. The fraction of sp³-hybridized carbons (Fsp3) is 0.235. The zero-order valence-electron chi connectivity index (χ0n) is 12.7. The number of benzene rings is 2. The normalized spacial score (nSPS) is 11.3. The molecule has 0 aliphatic rings. The van der Waals surface area contributed by atoms with E-state index in [0.717, 1.165) is 17.4 Å². The zero-order valence-corrected chi connectivity index (χ0v) is 13.5. The summed E-state index contributed by atoms with van der Waals surface area (Å²) in [7, 11) is 0. The summed E-state index contributed by atoms with van der Waals surface area (Å²) in [5, 5.41) is 2.51. The minimum absolute atomic E-state index is 0.122. The molecule has 0 saturated heterocycles. The van der Waals surface area contributed by atoms with Crippen LogP contribution in [-0.2, 0) is 11.9 Å². The molecule has 23 heavy (non-hydrogen) atoms. The number of thioether (sulfide) groups is 1. The van der Waals surface area contributed by atoms with Gasteiger partial charge >= 0.3 is 6.18 Å². The van der Waals surface area contributed by atoms with Crippen molar-refractivity contribution in [1.82, 2.24) is 0 Å². The maximum absolute atomic E-state index is 12.9. The fourth-order valence-corrected chi connectivity index (χ4v) is 2.65. The number of hydrogen-bond donors (Lipinski definition) is 1. The molecule has 0 saturated carbocycles. The Kier molecular flexibility index (Phi) is 5.36. The number of anilines is 1. The first-order valence-electron chi connectivity index (χ1n) is 6.88. The highest BCUT2D eigenvalue weighted by molar-refractivity contribution is 7.97. The van der Waals surface area contributed by atoms with Crippen molar-refractivity contribution < 1.29 is 18.0 Å². The lowest BCUT2D eigenvalue weighted by atomic mass is 10.1. The van der Waals surface area contributed by atoms with E-state index < -0.39 is 17.6 Å². The predicted octanol–water partition coefficient (Wildman–Crippen LogP) is 5.13. The highest BCUT2D eigenvalue weighted by Crippen LogP contribution is 2.33. The minimum atomic E-state index is -4.44. The van der Waals surface area contributed by atoms with E-state index in [1.54, 1.807) is 23.9 Å². The second kappa shape index (κ2) is 7.08. The van der Waals surface area contributed by atoms with E-state index in [1.807, 2.05) is 18.4 Å². The number of rotatable bonds is 4. The highest BCUT2D eigenvalue weighted by Gasteiger charge is 2.32. The molecule has 0 aliphatic heterocycles. The number of nitrogens with one attached hydrogen (secondary N) is 1. The highest BCUT2D eigenvalue weighted by atomic mass is 32.2. The Balaban J connectivity index is 2.17. The number of amides is 1. The van der Waals surface area contributed by atoms with Crippen LogP contribution in [0.25, 0.3) is 0 Å². The van der Waals surface area contributed by atoms with Gasteiger partial charge in [0.2, 0.25) is 0 Å². The lowest BCUT2D eigenvalue weighted by Crippen LogP contribution is -2.14. The van der Waals surface area contributed by atoms with Crippen LogP contribution in [0.3, 0.4) is 0 Å². The van der Waals surface area contributed by atoms with Crippen LogP contribution < -0.4 is 5.32 Å². The van der Waals surface area contributed by atoms with Crippen LogP contribution in [0.1, 0.15) is 27.0 Å². The molecular formula is C17H16F3NOS. The molecule has 2 nitrogen and oxygen atoms in total. The molecule has 0 bridgehead atoms. The molecule has 2 rings (SSSR count). The lowest BCUT2D eigenvalue weighted by Gasteiger charge is -2.13. The number of carbonyl (C=O) groups excluding carboxylic acids is 1. The molecule has 0 unspecified atom stereocenters. The van der Waals surface area contributed by atoms with Gasteiger partial charge in [0, 0.05) is 17.0 Å². The first-order valence-corrected chi connectivity index (χ1v) is 8.27. The molecule has 0 aliphatic carbocycles. The van der Waals surface area contributed by atoms with Crippen molar-refractivity contribution in [3.63, 3.8) is 0 Å². The van der Waals surface area contributed by atoms with Crippen molar-refractivity contribution in [2.45, 2.75) is 18.9 Å². The van der Waals surface area contributed by atoms with E-state index in [2.05, 4.69) is 5.32 Å². The fourth-order valence-electron chi connectivity index (χ4n) is 2.13. The molecule has 2 aromatic carbocycles. The van der Waals surface area contributed by atoms with Crippen molar-refractivity contribution >= 4 is 23.4 Å². The van der Waals surface area contributed by atoms with Crippen LogP contribution in [0.15, 0.2) is 42.5 Å². The van der Waals surface area contributed by atoms with Crippen molar-refractivity contribution in [2.75, 3.05) is 11.6 Å². The molecule has 1 N–H and O–H groups in total. The summed E-state index contributed by atoms with van der Waals surface area (Å²) in [6.45, 7) is 1.39. The Bertz CT molecular complexity index is 696. The van der Waals surface area contributed by atoms with E-state index in [1.165, 1.54) is 19.1 Å². The summed E-state index contributed by atoms with van der Waals surface area (Å²) in [4.78, 5) is 12.1. The van der Waals surface area contributed by atoms with Crippen molar-refractivity contribution in [1.29, 1.82) is 0 Å². The first kappa shape index (κ1) is 17.4. The van der Waals surface area contributed by atoms with Crippen LogP contribution in [0, 0.1) is 6.92 Å². The molecule has 1 amide bonds. The summed E-state index contributed by atoms with van der Waals surface area (Å²) >= 11 is 1.67. The summed E-state index contributed by atoms with van der Waals surface area (Å²) in [5.41, 5.74) is 0.997. The van der Waals surface area contributed by atoms with Gasteiger partial charge in [-0.1, -0.05) is 18.2 Å². The average molecular weight is 339 g/mol. The molecular weight excluding hydrogens is 323 g/mol. The quantitative estimate of drug-likeness (QED) is 0.837. The second-order valence-corrected chi connectivity index (χ2v) is 5.98. The Morgan fingerprint density at radius 2 is 1.78 bits per heavy atom. The van der Waals surface area contributed by atoms with Gasteiger partial charge < -0.3 is 5.32 Å². The van der Waals surface area contributed by atoms with Gasteiger partial charge in [-0.3, -0.25) is 4.79 Å². The van der Waals surface area contributed by atoms with Gasteiger partial charge in [0.05, 0.1) is 5.56 Å². The molecule has 0 heterocycles. The van der Waals surface area contributed by atoms with Gasteiger partial charge in [0.1, 0.15) is 0 Å². The minimum Gasteiger partial charge on any atom is -0.322 e. The Morgan fingerprint density at radius 1 is 1.13 bits per heavy atom. The molecule has 0 aromatic heterocycles. The van der Waals surface area contributed by atoms with Gasteiger partial charge in [0.15, 0.2) is 0 Å². The third kappa shape index (κ3) is 4.51. The van der Waals surface area contributed by atoms with Crippen LogP contribution in [-0.4, -0.2) is 12.2 Å². The summed E-state index contributed by atoms with van der Waals surface area (Å²) in [6.07, 6.45) is -2.46. The summed E-state index contributed by atoms with van der Waals surface area (Å²) in [5.74, 6) is 0.409. The average Bonchev–Trinajstić information content (AvgIpc) is 2.49. The lowest BCUT2D eigenvalue weighted by molar-refractivity contribution is -0.138. The first-order chi connectivity index (χ1) is 10.8. The number of hydrogen-bond acceptors (Lipinski definition) is 2. The molecule has 6 heteroatoms. The molecule has 0 spiro atoms. The van der Waals surface area contributed by atoms with E-state index >= 15 is 0 Å². The third-order valence-corrected chi connectivity index (χ3v) is 3.95. The van der Waals surface area contributed by atoms with Gasteiger partial charge in [-0.05, 0) is 48.6 Å². The molecule has 0 fully saturated rings. The summed E-state index contributed by atoms with van der Waals surface area (Å²) in [6, 6.07) is 10.8. The number of aryl methyl sites for hydroxylation is 1. The number of alkyl halides is 3. The molecule has 2 aromatic rings. The van der Waals surface area contributed by atoms with Crippen LogP contribution in [0.2, 0.25) is 0 Å². The maximum atomic E-state index is 12.9. The van der Waals surface area contributed by atoms with Crippen molar-refractivity contribution in [3.05, 3.63) is 64.7 Å². The topological polar surface area (TPSA) is 29.1 Å².